The normalized spacial score (nSPS) is 17.2. The molecule has 4 rings (SSSR count). The van der Waals surface area contributed by atoms with Crippen molar-refractivity contribution in [3.8, 4) is 17.3 Å². The lowest BCUT2D eigenvalue weighted by Crippen LogP contribution is -2.20. The van der Waals surface area contributed by atoms with Crippen LogP contribution >= 0.6 is 0 Å². The van der Waals surface area contributed by atoms with Gasteiger partial charge in [0.1, 0.15) is 11.4 Å². The highest BCUT2D eigenvalue weighted by molar-refractivity contribution is 5.46. The quantitative estimate of drug-likeness (QED) is 0.591. The summed E-state index contributed by atoms with van der Waals surface area (Å²) in [5.74, 6) is 3.03. The van der Waals surface area contributed by atoms with Gasteiger partial charge >= 0.3 is 0 Å². The summed E-state index contributed by atoms with van der Waals surface area (Å²) in [6.07, 6.45) is 2.85. The van der Waals surface area contributed by atoms with Gasteiger partial charge in [-0.25, -0.2) is 0 Å². The average molecular weight is 393 g/mol. The van der Waals surface area contributed by atoms with Gasteiger partial charge in [-0.05, 0) is 55.1 Å². The number of benzene rings is 1. The molecule has 1 fully saturated rings. The van der Waals surface area contributed by atoms with Crippen molar-refractivity contribution in [2.75, 3.05) is 19.7 Å². The molecule has 0 N–H and O–H groups in total. The molecule has 3 aromatic rings. The first-order chi connectivity index (χ1) is 14.1. The molecule has 29 heavy (non-hydrogen) atoms. The van der Waals surface area contributed by atoms with Crippen LogP contribution in [0.1, 0.15) is 43.1 Å². The first kappa shape index (κ1) is 19.6. The maximum absolute atomic E-state index is 5.86. The predicted octanol–water partition coefficient (Wildman–Crippen LogP) is 4.46. The van der Waals surface area contributed by atoms with Gasteiger partial charge in [0.15, 0.2) is 5.82 Å². The third-order valence-corrected chi connectivity index (χ3v) is 5.10. The Bertz CT molecular complexity index is 936. The van der Waals surface area contributed by atoms with Gasteiger partial charge in [-0.15, -0.1) is 0 Å². The van der Waals surface area contributed by atoms with Crippen LogP contribution in [0.25, 0.3) is 11.6 Å². The van der Waals surface area contributed by atoms with Gasteiger partial charge in [0.05, 0.1) is 6.61 Å². The summed E-state index contributed by atoms with van der Waals surface area (Å²) in [5.41, 5.74) is 3.10. The van der Waals surface area contributed by atoms with Crippen molar-refractivity contribution in [1.29, 1.82) is 0 Å². The molecule has 0 spiro atoms. The third kappa shape index (κ3) is 5.01. The van der Waals surface area contributed by atoms with Crippen LogP contribution in [0.15, 0.2) is 47.1 Å². The Morgan fingerprint density at radius 3 is 2.93 bits per heavy atom. The molecule has 6 nitrogen and oxygen atoms in total. The smallest absolute Gasteiger partial charge is 0.276 e. The van der Waals surface area contributed by atoms with E-state index in [9.17, 15) is 0 Å². The number of rotatable bonds is 7. The maximum atomic E-state index is 5.86. The second kappa shape index (κ2) is 8.74. The molecule has 3 heterocycles. The predicted molar refractivity (Wildman–Crippen MR) is 112 cm³/mol. The summed E-state index contributed by atoms with van der Waals surface area (Å²) in [7, 11) is 0. The number of aryl methyl sites for hydroxylation is 1. The Hall–Kier alpha value is -2.73. The zero-order chi connectivity index (χ0) is 20.2. The summed E-state index contributed by atoms with van der Waals surface area (Å²) in [6.45, 7) is 9.92. The Morgan fingerprint density at radius 1 is 1.24 bits per heavy atom. The molecule has 0 bridgehead atoms. The molecule has 0 amide bonds. The van der Waals surface area contributed by atoms with Gasteiger partial charge in [-0.3, -0.25) is 9.88 Å². The van der Waals surface area contributed by atoms with Crippen molar-refractivity contribution < 1.29 is 9.26 Å². The summed E-state index contributed by atoms with van der Waals surface area (Å²) < 4.78 is 11.3. The van der Waals surface area contributed by atoms with E-state index < -0.39 is 0 Å². The van der Waals surface area contributed by atoms with Crippen molar-refractivity contribution in [2.45, 2.75) is 39.7 Å². The van der Waals surface area contributed by atoms with Crippen LogP contribution in [0.4, 0.5) is 0 Å². The van der Waals surface area contributed by atoms with Gasteiger partial charge in [-0.1, -0.05) is 37.2 Å². The average Bonchev–Trinajstić information content (AvgIpc) is 3.37. The topological polar surface area (TPSA) is 64.3 Å². The number of hydrogen-bond acceptors (Lipinski definition) is 6. The first-order valence-corrected chi connectivity index (χ1v) is 10.3. The van der Waals surface area contributed by atoms with E-state index in [1.807, 2.05) is 31.3 Å². The lowest BCUT2D eigenvalue weighted by atomic mass is 10.1. The Kier molecular flexibility index (Phi) is 5.90. The van der Waals surface area contributed by atoms with E-state index in [0.717, 1.165) is 55.5 Å². The Balaban J connectivity index is 1.36. The number of hydrogen-bond donors (Lipinski definition) is 0. The summed E-state index contributed by atoms with van der Waals surface area (Å²) in [6, 6.07) is 12.3. The molecular formula is C23H28N4O2. The molecule has 0 saturated carbocycles. The lowest BCUT2D eigenvalue weighted by molar-refractivity contribution is 0.270. The molecule has 1 saturated heterocycles. The second-order valence-corrected chi connectivity index (χ2v) is 8.25. The highest BCUT2D eigenvalue weighted by Crippen LogP contribution is 2.28. The van der Waals surface area contributed by atoms with Crippen molar-refractivity contribution in [3.05, 3.63) is 59.5 Å². The Morgan fingerprint density at radius 2 is 2.14 bits per heavy atom. The van der Waals surface area contributed by atoms with Crippen molar-refractivity contribution in [1.82, 2.24) is 20.0 Å². The highest BCUT2D eigenvalue weighted by Gasteiger charge is 2.28. The molecular weight excluding hydrogens is 364 g/mol. The standard InChI is InChI=1S/C23H28N4O2/c1-16(2)15-28-20-6-4-5-18(11-20)13-27-10-9-19(14-27)22-25-23(29-26-22)21-8-7-17(3)12-24-21/h4-8,11-12,16,19H,9-10,13-15H2,1-3H3. The van der Waals surface area contributed by atoms with Crippen LogP contribution in [0.3, 0.4) is 0 Å². The molecule has 2 aromatic heterocycles. The largest absolute Gasteiger partial charge is 0.493 e. The lowest BCUT2D eigenvalue weighted by Gasteiger charge is -2.16. The van der Waals surface area contributed by atoms with E-state index in [4.69, 9.17) is 9.26 Å². The first-order valence-electron chi connectivity index (χ1n) is 10.3. The van der Waals surface area contributed by atoms with Crippen LogP contribution in [0.2, 0.25) is 0 Å². The molecule has 1 aromatic carbocycles. The fourth-order valence-corrected chi connectivity index (χ4v) is 3.54. The van der Waals surface area contributed by atoms with E-state index in [2.05, 4.69) is 52.1 Å². The molecule has 0 aliphatic carbocycles. The number of likely N-dealkylation sites (tertiary alicyclic amines) is 1. The van der Waals surface area contributed by atoms with Crippen LogP contribution in [0.5, 0.6) is 5.75 Å². The van der Waals surface area contributed by atoms with Crippen LogP contribution in [0, 0.1) is 12.8 Å². The fraction of sp³-hybridized carbons (Fsp3) is 0.435. The zero-order valence-electron chi connectivity index (χ0n) is 17.3. The van der Waals surface area contributed by atoms with Crippen molar-refractivity contribution in [3.63, 3.8) is 0 Å². The summed E-state index contributed by atoms with van der Waals surface area (Å²) >= 11 is 0. The molecule has 1 unspecified atom stereocenters. The van der Waals surface area contributed by atoms with E-state index >= 15 is 0 Å². The monoisotopic (exact) mass is 392 g/mol. The van der Waals surface area contributed by atoms with Gasteiger partial charge in [-0.2, -0.15) is 4.98 Å². The molecule has 1 aliphatic heterocycles. The molecule has 1 atom stereocenters. The van der Waals surface area contributed by atoms with E-state index in [-0.39, 0.29) is 0 Å². The van der Waals surface area contributed by atoms with Gasteiger partial charge in [0.2, 0.25) is 0 Å². The van der Waals surface area contributed by atoms with Gasteiger partial charge in [0.25, 0.3) is 5.89 Å². The minimum Gasteiger partial charge on any atom is -0.493 e. The third-order valence-electron chi connectivity index (χ3n) is 5.10. The van der Waals surface area contributed by atoms with Crippen molar-refractivity contribution in [2.24, 2.45) is 5.92 Å². The van der Waals surface area contributed by atoms with Crippen LogP contribution in [-0.2, 0) is 6.54 Å². The zero-order valence-corrected chi connectivity index (χ0v) is 17.3. The number of nitrogens with zero attached hydrogens (tertiary/aromatic N) is 4. The van der Waals surface area contributed by atoms with E-state index in [1.54, 1.807) is 0 Å². The highest BCUT2D eigenvalue weighted by atomic mass is 16.5. The van der Waals surface area contributed by atoms with Gasteiger partial charge < -0.3 is 9.26 Å². The number of pyridine rings is 1. The number of aromatic nitrogens is 3. The van der Waals surface area contributed by atoms with E-state index in [0.29, 0.717) is 17.7 Å². The maximum Gasteiger partial charge on any atom is 0.276 e. The molecule has 0 radical (unpaired) electrons. The minimum atomic E-state index is 0.290. The number of ether oxygens (including phenoxy) is 1. The molecule has 6 heteroatoms. The fourth-order valence-electron chi connectivity index (χ4n) is 3.54. The van der Waals surface area contributed by atoms with Crippen LogP contribution < -0.4 is 4.74 Å². The van der Waals surface area contributed by atoms with Gasteiger partial charge in [0, 0.05) is 25.2 Å². The summed E-state index contributed by atoms with van der Waals surface area (Å²) in [4.78, 5) is 11.4. The van der Waals surface area contributed by atoms with Crippen LogP contribution in [-0.4, -0.2) is 39.7 Å². The molecule has 1 aliphatic rings. The minimum absolute atomic E-state index is 0.290. The summed E-state index contributed by atoms with van der Waals surface area (Å²) in [5, 5.41) is 4.22. The second-order valence-electron chi connectivity index (χ2n) is 8.25. The molecule has 152 valence electrons. The van der Waals surface area contributed by atoms with E-state index in [1.165, 1.54) is 5.56 Å². The van der Waals surface area contributed by atoms with Crippen molar-refractivity contribution >= 4 is 0 Å². The SMILES string of the molecule is Cc1ccc(-c2nc(C3CCN(Cc4cccc(OCC(C)C)c4)C3)no2)nc1. The Labute approximate surface area is 171 Å².